The molecular weight excluding hydrogens is 479 g/mol. The molecule has 0 radical (unpaired) electrons. The zero-order valence-corrected chi connectivity index (χ0v) is 19.4. The van der Waals surface area contributed by atoms with E-state index in [-0.39, 0.29) is 11.2 Å². The molecule has 158 valence electrons. The molecule has 0 aliphatic rings. The zero-order chi connectivity index (χ0) is 22.0. The summed E-state index contributed by atoms with van der Waals surface area (Å²) in [5.41, 5.74) is 0.973. The van der Waals surface area contributed by atoms with Crippen molar-refractivity contribution in [2.45, 2.75) is 13.8 Å². The van der Waals surface area contributed by atoms with Gasteiger partial charge in [-0.3, -0.25) is 0 Å². The first-order valence-corrected chi connectivity index (χ1v) is 11.2. The van der Waals surface area contributed by atoms with Crippen molar-refractivity contribution in [3.63, 3.8) is 0 Å². The highest BCUT2D eigenvalue weighted by molar-refractivity contribution is 9.10. The molecule has 2 aromatic rings. The summed E-state index contributed by atoms with van der Waals surface area (Å²) in [5, 5.41) is 25.4. The Labute approximate surface area is 173 Å². The van der Waals surface area contributed by atoms with E-state index in [2.05, 4.69) is 26.1 Å². The molecule has 12 nitrogen and oxygen atoms in total. The first-order chi connectivity index (χ1) is 12.6. The smallest absolute Gasteiger partial charge is 0.423 e. The molecule has 0 amide bonds. The second-order valence-corrected chi connectivity index (χ2v) is 10.8. The molecule has 2 N–H and O–H groups in total. The largest absolute Gasteiger partial charge is 0.491 e. The lowest BCUT2D eigenvalue weighted by Crippen LogP contribution is -2.32. The number of nitrogens with zero attached hydrogens (tertiary/aromatic N) is 6. The number of hydrogen-bond donors (Lipinski definition) is 2. The monoisotopic (exact) mass is 500 g/mol. The molecule has 16 heteroatoms. The fourth-order valence-corrected chi connectivity index (χ4v) is 3.70. The lowest BCUT2D eigenvalue weighted by Gasteiger charge is -2.09. The minimum Gasteiger partial charge on any atom is -0.423 e. The summed E-state index contributed by atoms with van der Waals surface area (Å²) in [6.07, 6.45) is 2.50. The molecule has 2 rings (SSSR count). The van der Waals surface area contributed by atoms with Gasteiger partial charge in [-0.1, -0.05) is 0 Å². The maximum Gasteiger partial charge on any atom is 0.491 e. The molecular formula is C12H22BBrN6O6S2. The third-order valence-electron chi connectivity index (χ3n) is 3.41. The number of aromatic nitrogens is 4. The molecule has 0 aromatic carbocycles. The normalized spacial score (nSPS) is 12.2. The third-order valence-corrected chi connectivity index (χ3v) is 7.35. The van der Waals surface area contributed by atoms with Crippen LogP contribution in [0.2, 0.25) is 0 Å². The van der Waals surface area contributed by atoms with Gasteiger partial charge in [0.1, 0.15) is 0 Å². The van der Waals surface area contributed by atoms with Gasteiger partial charge in [-0.15, -0.1) is 0 Å². The standard InChI is InChI=1S/C6H12BN3O4S.C6H10BrN3O2S/c1-5-6(7(11)12)4-10(8-5)15(13,14)9(2)3;1-5-6(7)4-10(8-5)13(11,12)9(2)3/h4,11-12H,1-3H3;4H,1-3H3. The van der Waals surface area contributed by atoms with Crippen LogP contribution in [0.3, 0.4) is 0 Å². The molecule has 0 spiro atoms. The number of rotatable bonds is 5. The lowest BCUT2D eigenvalue weighted by atomic mass is 9.81. The molecule has 0 unspecified atom stereocenters. The molecule has 0 atom stereocenters. The average Bonchev–Trinajstić information content (AvgIpc) is 3.11. The Hall–Kier alpha value is -1.30. The van der Waals surface area contributed by atoms with Gasteiger partial charge < -0.3 is 10.0 Å². The van der Waals surface area contributed by atoms with E-state index >= 15 is 0 Å². The second-order valence-electron chi connectivity index (χ2n) is 5.93. The Balaban J connectivity index is 0.000000283. The lowest BCUT2D eigenvalue weighted by molar-refractivity contribution is 0.425. The first-order valence-electron chi connectivity index (χ1n) is 7.62. The van der Waals surface area contributed by atoms with Gasteiger partial charge in [-0.05, 0) is 29.8 Å². The van der Waals surface area contributed by atoms with Crippen LogP contribution in [-0.4, -0.2) is 89.2 Å². The second kappa shape index (κ2) is 9.02. The van der Waals surface area contributed by atoms with Crippen molar-refractivity contribution in [1.82, 2.24) is 27.0 Å². The zero-order valence-electron chi connectivity index (χ0n) is 16.1. The van der Waals surface area contributed by atoms with Crippen molar-refractivity contribution >= 4 is 48.9 Å². The fourth-order valence-electron chi connectivity index (χ4n) is 1.69. The van der Waals surface area contributed by atoms with Crippen molar-refractivity contribution in [2.24, 2.45) is 0 Å². The van der Waals surface area contributed by atoms with Crippen LogP contribution in [0, 0.1) is 13.8 Å². The number of hydrogen-bond acceptors (Lipinski definition) is 8. The maximum atomic E-state index is 11.6. The van der Waals surface area contributed by atoms with E-state index in [0.29, 0.717) is 14.3 Å². The number of halogens is 1. The van der Waals surface area contributed by atoms with Gasteiger partial charge >= 0.3 is 27.5 Å². The quantitative estimate of drug-likeness (QED) is 0.453. The van der Waals surface area contributed by atoms with Gasteiger partial charge in [0.05, 0.1) is 22.1 Å². The van der Waals surface area contributed by atoms with Gasteiger partial charge in [-0.2, -0.15) is 43.8 Å². The summed E-state index contributed by atoms with van der Waals surface area (Å²) < 4.78 is 50.6. The average molecular weight is 501 g/mol. The predicted octanol–water partition coefficient (Wildman–Crippen LogP) is -1.87. The van der Waals surface area contributed by atoms with Gasteiger partial charge in [0.25, 0.3) is 0 Å². The summed E-state index contributed by atoms with van der Waals surface area (Å²) in [6.45, 7) is 3.22. The van der Waals surface area contributed by atoms with E-state index in [1.54, 1.807) is 6.92 Å². The molecule has 0 saturated carbocycles. The molecule has 0 aliphatic heterocycles. The summed E-state index contributed by atoms with van der Waals surface area (Å²) in [4.78, 5) is 0. The Morgan fingerprint density at radius 3 is 1.57 bits per heavy atom. The fraction of sp³-hybridized carbons (Fsp3) is 0.500. The molecule has 0 bridgehead atoms. The van der Waals surface area contributed by atoms with Crippen LogP contribution in [-0.2, 0) is 20.4 Å². The summed E-state index contributed by atoms with van der Waals surface area (Å²) >= 11 is 3.19. The van der Waals surface area contributed by atoms with E-state index in [9.17, 15) is 16.8 Å². The van der Waals surface area contributed by atoms with Gasteiger partial charge in [-0.25, -0.2) is 0 Å². The SMILES string of the molecule is Cc1nn(S(=O)(=O)N(C)C)cc1B(O)O.Cc1nn(S(=O)(=O)N(C)C)cc1Br. The van der Waals surface area contributed by atoms with Crippen molar-refractivity contribution in [1.29, 1.82) is 0 Å². The van der Waals surface area contributed by atoms with Crippen LogP contribution >= 0.6 is 15.9 Å². The van der Waals surface area contributed by atoms with E-state index in [0.717, 1.165) is 18.9 Å². The Morgan fingerprint density at radius 1 is 0.893 bits per heavy atom. The summed E-state index contributed by atoms with van der Waals surface area (Å²) in [7, 11) is -3.25. The van der Waals surface area contributed by atoms with E-state index in [1.807, 2.05) is 0 Å². The molecule has 28 heavy (non-hydrogen) atoms. The van der Waals surface area contributed by atoms with Crippen LogP contribution in [0.25, 0.3) is 0 Å². The third kappa shape index (κ3) is 5.40. The minimum absolute atomic E-state index is 0.0698. The molecule has 2 aromatic heterocycles. The molecule has 0 fully saturated rings. The molecule has 2 heterocycles. The van der Waals surface area contributed by atoms with Gasteiger partial charge in [0.2, 0.25) is 0 Å². The van der Waals surface area contributed by atoms with Crippen LogP contribution < -0.4 is 5.46 Å². The number of aryl methyl sites for hydroxylation is 2. The predicted molar refractivity (Wildman–Crippen MR) is 107 cm³/mol. The maximum absolute atomic E-state index is 11.6. The highest BCUT2D eigenvalue weighted by Gasteiger charge is 2.24. The topological polar surface area (TPSA) is 151 Å². The first kappa shape index (κ1) is 24.7. The van der Waals surface area contributed by atoms with Crippen LogP contribution in [0.1, 0.15) is 11.4 Å². The van der Waals surface area contributed by atoms with Crippen LogP contribution in [0.4, 0.5) is 0 Å². The van der Waals surface area contributed by atoms with Crippen LogP contribution in [0.5, 0.6) is 0 Å². The van der Waals surface area contributed by atoms with Gasteiger partial charge in [0, 0.05) is 39.9 Å². The summed E-state index contributed by atoms with van der Waals surface area (Å²) in [5.74, 6) is 0. The molecule has 0 saturated heterocycles. The van der Waals surface area contributed by atoms with Crippen molar-refractivity contribution in [3.05, 3.63) is 28.3 Å². The van der Waals surface area contributed by atoms with E-state index < -0.39 is 27.5 Å². The van der Waals surface area contributed by atoms with Gasteiger partial charge in [0.15, 0.2) is 0 Å². The van der Waals surface area contributed by atoms with Crippen LogP contribution in [0.15, 0.2) is 16.9 Å². The van der Waals surface area contributed by atoms with Crippen molar-refractivity contribution in [3.8, 4) is 0 Å². The minimum atomic E-state index is -3.70. The Kier molecular flexibility index (Phi) is 7.97. The Bertz CT molecular complexity index is 1010. The molecule has 0 aliphatic carbocycles. The highest BCUT2D eigenvalue weighted by Crippen LogP contribution is 2.15. The Morgan fingerprint density at radius 2 is 1.29 bits per heavy atom. The van der Waals surface area contributed by atoms with Crippen molar-refractivity contribution in [2.75, 3.05) is 28.2 Å². The van der Waals surface area contributed by atoms with E-state index in [1.165, 1.54) is 41.3 Å². The summed E-state index contributed by atoms with van der Waals surface area (Å²) in [6, 6.07) is 0. The van der Waals surface area contributed by atoms with E-state index in [4.69, 9.17) is 10.0 Å². The van der Waals surface area contributed by atoms with Crippen molar-refractivity contribution < 1.29 is 26.9 Å². The highest BCUT2D eigenvalue weighted by atomic mass is 79.9.